The largest absolute Gasteiger partial charge is 0.344 e. The predicted octanol–water partition coefficient (Wildman–Crippen LogP) is 3.07. The standard InChI is InChI=1S/C22H23F2N5O2S/c1-13(2)18(27-19(30)17-14(23)5-3-6-15(17)24)21(31)28-9-11-29(12-10-28)22-26-16-7-4-8-25-20(16)32-22/h3-8,13,18H,9-12H2,1-2H3,(H,27,30). The zero-order valence-electron chi connectivity index (χ0n) is 17.7. The second-order valence-electron chi connectivity index (χ2n) is 7.93. The van der Waals surface area contributed by atoms with Gasteiger partial charge in [0.15, 0.2) is 5.13 Å². The van der Waals surface area contributed by atoms with Gasteiger partial charge in [-0.15, -0.1) is 0 Å². The van der Waals surface area contributed by atoms with Crippen LogP contribution in [-0.2, 0) is 4.79 Å². The van der Waals surface area contributed by atoms with E-state index < -0.39 is 29.1 Å². The van der Waals surface area contributed by atoms with Gasteiger partial charge in [0.25, 0.3) is 5.91 Å². The van der Waals surface area contributed by atoms with E-state index >= 15 is 0 Å². The Labute approximate surface area is 188 Å². The first-order valence-electron chi connectivity index (χ1n) is 10.4. The zero-order valence-corrected chi connectivity index (χ0v) is 18.5. The molecule has 1 fully saturated rings. The summed E-state index contributed by atoms with van der Waals surface area (Å²) < 4.78 is 28.0. The molecule has 1 saturated heterocycles. The number of halogens is 2. The molecular weight excluding hydrogens is 436 g/mol. The maximum Gasteiger partial charge on any atom is 0.257 e. The molecule has 1 aliphatic rings. The highest BCUT2D eigenvalue weighted by molar-refractivity contribution is 7.21. The summed E-state index contributed by atoms with van der Waals surface area (Å²) in [7, 11) is 0. The topological polar surface area (TPSA) is 78.4 Å². The fraction of sp³-hybridized carbons (Fsp3) is 0.364. The summed E-state index contributed by atoms with van der Waals surface area (Å²) in [5, 5.41) is 3.39. The number of benzene rings is 1. The molecule has 2 amide bonds. The molecule has 4 rings (SSSR count). The molecule has 0 saturated carbocycles. The number of amides is 2. The average molecular weight is 460 g/mol. The molecule has 0 aliphatic carbocycles. The number of anilines is 1. The van der Waals surface area contributed by atoms with Gasteiger partial charge in [0.2, 0.25) is 5.91 Å². The summed E-state index contributed by atoms with van der Waals surface area (Å²) in [5.74, 6) is -3.38. The van der Waals surface area contributed by atoms with E-state index in [9.17, 15) is 18.4 Å². The fourth-order valence-corrected chi connectivity index (χ4v) is 4.61. The minimum Gasteiger partial charge on any atom is -0.344 e. The molecule has 0 bridgehead atoms. The number of hydrogen-bond acceptors (Lipinski definition) is 6. The molecule has 3 aromatic rings. The Morgan fingerprint density at radius 1 is 1.06 bits per heavy atom. The van der Waals surface area contributed by atoms with Gasteiger partial charge in [-0.2, -0.15) is 0 Å². The van der Waals surface area contributed by atoms with Crippen molar-refractivity contribution in [3.05, 3.63) is 53.7 Å². The molecule has 3 heterocycles. The fourth-order valence-electron chi connectivity index (χ4n) is 3.65. The van der Waals surface area contributed by atoms with Crippen molar-refractivity contribution in [1.29, 1.82) is 0 Å². The van der Waals surface area contributed by atoms with Gasteiger partial charge in [-0.1, -0.05) is 31.3 Å². The van der Waals surface area contributed by atoms with Crippen LogP contribution in [0.15, 0.2) is 36.5 Å². The predicted molar refractivity (Wildman–Crippen MR) is 119 cm³/mol. The first kappa shape index (κ1) is 22.1. The molecule has 32 heavy (non-hydrogen) atoms. The van der Waals surface area contributed by atoms with Crippen molar-refractivity contribution in [2.24, 2.45) is 5.92 Å². The molecular formula is C22H23F2N5O2S. The number of fused-ring (bicyclic) bond motifs is 1. The van der Waals surface area contributed by atoms with E-state index in [0.717, 1.165) is 27.6 Å². The number of carbonyl (C=O) groups excluding carboxylic acids is 2. The van der Waals surface area contributed by atoms with Crippen LogP contribution in [0.3, 0.4) is 0 Å². The maximum absolute atomic E-state index is 14.0. The van der Waals surface area contributed by atoms with Gasteiger partial charge < -0.3 is 15.1 Å². The van der Waals surface area contributed by atoms with Crippen molar-refractivity contribution in [3.8, 4) is 0 Å². The van der Waals surface area contributed by atoms with Crippen molar-refractivity contribution < 1.29 is 18.4 Å². The number of nitrogens with zero attached hydrogens (tertiary/aromatic N) is 4. The second kappa shape index (κ2) is 9.15. The number of aromatic nitrogens is 2. The Morgan fingerprint density at radius 2 is 1.75 bits per heavy atom. The number of piperazine rings is 1. The van der Waals surface area contributed by atoms with Crippen LogP contribution in [0.2, 0.25) is 0 Å². The number of rotatable bonds is 5. The molecule has 1 atom stereocenters. The van der Waals surface area contributed by atoms with Gasteiger partial charge in [-0.05, 0) is 30.2 Å². The van der Waals surface area contributed by atoms with Crippen molar-refractivity contribution in [3.63, 3.8) is 0 Å². The van der Waals surface area contributed by atoms with Crippen LogP contribution in [0.1, 0.15) is 24.2 Å². The summed E-state index contributed by atoms with van der Waals surface area (Å²) in [4.78, 5) is 39.2. The molecule has 1 unspecified atom stereocenters. The first-order valence-corrected chi connectivity index (χ1v) is 11.2. The van der Waals surface area contributed by atoms with E-state index in [1.807, 2.05) is 12.1 Å². The van der Waals surface area contributed by atoms with E-state index in [4.69, 9.17) is 0 Å². The van der Waals surface area contributed by atoms with Crippen molar-refractivity contribution in [1.82, 2.24) is 20.2 Å². The lowest BCUT2D eigenvalue weighted by molar-refractivity contribution is -0.134. The monoisotopic (exact) mass is 459 g/mol. The van der Waals surface area contributed by atoms with E-state index in [0.29, 0.717) is 26.2 Å². The number of thiazole rings is 1. The van der Waals surface area contributed by atoms with Crippen LogP contribution in [-0.4, -0.2) is 58.9 Å². The third kappa shape index (κ3) is 4.40. The van der Waals surface area contributed by atoms with E-state index in [1.165, 1.54) is 17.4 Å². The van der Waals surface area contributed by atoms with Crippen LogP contribution < -0.4 is 10.2 Å². The summed E-state index contributed by atoms with van der Waals surface area (Å²) in [5.41, 5.74) is 0.161. The maximum atomic E-state index is 14.0. The normalized spacial score (nSPS) is 15.3. The van der Waals surface area contributed by atoms with Gasteiger partial charge in [0.05, 0.1) is 0 Å². The summed E-state index contributed by atoms with van der Waals surface area (Å²) in [6.45, 7) is 5.65. The van der Waals surface area contributed by atoms with Crippen LogP contribution >= 0.6 is 11.3 Å². The van der Waals surface area contributed by atoms with E-state index in [1.54, 1.807) is 24.9 Å². The Hall–Kier alpha value is -3.14. The number of pyridine rings is 1. The highest BCUT2D eigenvalue weighted by Crippen LogP contribution is 2.27. The molecule has 0 spiro atoms. The lowest BCUT2D eigenvalue weighted by Crippen LogP contribution is -2.56. The third-order valence-electron chi connectivity index (χ3n) is 5.43. The molecule has 0 radical (unpaired) electrons. The van der Waals surface area contributed by atoms with E-state index in [-0.39, 0.29) is 11.8 Å². The molecule has 7 nitrogen and oxygen atoms in total. The molecule has 1 aromatic carbocycles. The van der Waals surface area contributed by atoms with Gasteiger partial charge in [-0.25, -0.2) is 18.7 Å². The van der Waals surface area contributed by atoms with Gasteiger partial charge >= 0.3 is 0 Å². The Morgan fingerprint density at radius 3 is 2.38 bits per heavy atom. The Balaban J connectivity index is 1.42. The van der Waals surface area contributed by atoms with Crippen molar-refractivity contribution >= 4 is 38.6 Å². The van der Waals surface area contributed by atoms with Crippen LogP contribution in [0.5, 0.6) is 0 Å². The van der Waals surface area contributed by atoms with Crippen molar-refractivity contribution in [2.75, 3.05) is 31.1 Å². The molecule has 168 valence electrons. The van der Waals surface area contributed by atoms with Crippen LogP contribution in [0.4, 0.5) is 13.9 Å². The Kier molecular flexibility index (Phi) is 6.31. The lowest BCUT2D eigenvalue weighted by atomic mass is 10.0. The minimum absolute atomic E-state index is 0.255. The molecule has 1 aliphatic heterocycles. The summed E-state index contributed by atoms with van der Waals surface area (Å²) in [6.07, 6.45) is 1.73. The average Bonchev–Trinajstić information content (AvgIpc) is 3.21. The molecule has 1 N–H and O–H groups in total. The minimum atomic E-state index is -0.962. The van der Waals surface area contributed by atoms with Gasteiger partial charge in [-0.3, -0.25) is 9.59 Å². The van der Waals surface area contributed by atoms with E-state index in [2.05, 4.69) is 20.2 Å². The zero-order chi connectivity index (χ0) is 22.8. The molecule has 2 aromatic heterocycles. The Bertz CT molecular complexity index is 1090. The van der Waals surface area contributed by atoms with Crippen LogP contribution in [0.25, 0.3) is 10.3 Å². The van der Waals surface area contributed by atoms with Crippen molar-refractivity contribution in [2.45, 2.75) is 19.9 Å². The van der Waals surface area contributed by atoms with Crippen LogP contribution in [0, 0.1) is 17.6 Å². The molecule has 10 heteroatoms. The SMILES string of the molecule is CC(C)C(NC(=O)c1c(F)cccc1F)C(=O)N1CCN(c2nc3cccnc3s2)CC1. The quantitative estimate of drug-likeness (QED) is 0.635. The third-order valence-corrected chi connectivity index (χ3v) is 6.47. The summed E-state index contributed by atoms with van der Waals surface area (Å²) >= 11 is 1.51. The first-order chi connectivity index (χ1) is 15.3. The number of hydrogen-bond donors (Lipinski definition) is 1. The second-order valence-corrected chi connectivity index (χ2v) is 8.88. The smallest absolute Gasteiger partial charge is 0.257 e. The van der Waals surface area contributed by atoms with Gasteiger partial charge in [0, 0.05) is 32.4 Å². The lowest BCUT2D eigenvalue weighted by Gasteiger charge is -2.37. The summed E-state index contributed by atoms with van der Waals surface area (Å²) in [6, 6.07) is 6.08. The number of nitrogens with one attached hydrogen (secondary N) is 1. The highest BCUT2D eigenvalue weighted by atomic mass is 32.1. The highest BCUT2D eigenvalue weighted by Gasteiger charge is 2.32. The number of carbonyl (C=O) groups is 2. The van der Waals surface area contributed by atoms with Gasteiger partial charge in [0.1, 0.15) is 33.6 Å².